The third-order valence-electron chi connectivity index (χ3n) is 4.52. The van der Waals surface area contributed by atoms with Crippen molar-refractivity contribution in [1.29, 1.82) is 0 Å². The van der Waals surface area contributed by atoms with E-state index >= 15 is 0 Å². The number of aliphatic hydroxyl groups is 1. The van der Waals surface area contributed by atoms with Gasteiger partial charge in [-0.25, -0.2) is 0 Å². The summed E-state index contributed by atoms with van der Waals surface area (Å²) in [5, 5.41) is 11.1. The van der Waals surface area contributed by atoms with Crippen LogP contribution in [-0.2, 0) is 5.60 Å². The number of benzene rings is 1. The molecule has 2 saturated heterocycles. The second-order valence-corrected chi connectivity index (χ2v) is 5.42. The van der Waals surface area contributed by atoms with Gasteiger partial charge in [-0.1, -0.05) is 24.6 Å². The number of rotatable bonds is 2. The van der Waals surface area contributed by atoms with Gasteiger partial charge in [0.2, 0.25) is 0 Å². The molecule has 2 heterocycles. The Morgan fingerprint density at radius 2 is 2.11 bits per heavy atom. The summed E-state index contributed by atoms with van der Waals surface area (Å²) in [6, 6.07) is 8.17. The molecule has 0 radical (unpaired) electrons. The first kappa shape index (κ1) is 12.0. The van der Waals surface area contributed by atoms with Crippen LogP contribution in [0.4, 0.5) is 0 Å². The zero-order valence-electron chi connectivity index (χ0n) is 10.9. The smallest absolute Gasteiger partial charge is 0.125 e. The van der Waals surface area contributed by atoms with E-state index in [1.54, 1.807) is 7.11 Å². The van der Waals surface area contributed by atoms with Crippen molar-refractivity contribution in [2.75, 3.05) is 20.2 Å². The van der Waals surface area contributed by atoms with E-state index in [0.717, 1.165) is 37.2 Å². The predicted molar refractivity (Wildman–Crippen MR) is 70.7 cm³/mol. The molecule has 3 nitrogen and oxygen atoms in total. The number of para-hydroxylation sites is 1. The zero-order valence-corrected chi connectivity index (χ0v) is 10.9. The average Bonchev–Trinajstić information content (AvgIpc) is 2.78. The molecule has 2 unspecified atom stereocenters. The van der Waals surface area contributed by atoms with E-state index in [4.69, 9.17) is 4.74 Å². The molecule has 18 heavy (non-hydrogen) atoms. The van der Waals surface area contributed by atoms with Crippen molar-refractivity contribution < 1.29 is 9.84 Å². The molecule has 1 N–H and O–H groups in total. The van der Waals surface area contributed by atoms with Gasteiger partial charge in [0.1, 0.15) is 11.4 Å². The normalized spacial score (nSPS) is 32.2. The maximum absolute atomic E-state index is 11.1. The lowest BCUT2D eigenvalue weighted by atomic mass is 9.82. The van der Waals surface area contributed by atoms with Crippen molar-refractivity contribution >= 4 is 0 Å². The van der Waals surface area contributed by atoms with E-state index in [1.807, 2.05) is 24.3 Å². The summed E-state index contributed by atoms with van der Waals surface area (Å²) in [6.45, 7) is 2.13. The van der Waals surface area contributed by atoms with Gasteiger partial charge in [-0.15, -0.1) is 0 Å². The van der Waals surface area contributed by atoms with Gasteiger partial charge in [-0.3, -0.25) is 4.90 Å². The fraction of sp³-hybridized carbons (Fsp3) is 0.600. The summed E-state index contributed by atoms with van der Waals surface area (Å²) in [5.41, 5.74) is 0.231. The number of piperidine rings is 1. The Morgan fingerprint density at radius 3 is 2.94 bits per heavy atom. The third-order valence-corrected chi connectivity index (χ3v) is 4.52. The number of hydrogen-bond acceptors (Lipinski definition) is 3. The van der Waals surface area contributed by atoms with Gasteiger partial charge in [-0.2, -0.15) is 0 Å². The Hall–Kier alpha value is -1.06. The first-order chi connectivity index (χ1) is 8.75. The summed E-state index contributed by atoms with van der Waals surface area (Å²) in [5.74, 6) is 0.812. The highest BCUT2D eigenvalue weighted by molar-refractivity contribution is 5.40. The highest BCUT2D eigenvalue weighted by atomic mass is 16.5. The SMILES string of the molecule is COc1ccccc1C1(O)CCN2CCCCC21. The molecular weight excluding hydrogens is 226 g/mol. The number of methoxy groups -OCH3 is 1. The molecule has 98 valence electrons. The van der Waals surface area contributed by atoms with E-state index in [0.29, 0.717) is 0 Å². The Bertz CT molecular complexity index is 434. The molecular formula is C15H21NO2. The van der Waals surface area contributed by atoms with Gasteiger partial charge in [0.05, 0.1) is 7.11 Å². The minimum atomic E-state index is -0.729. The van der Waals surface area contributed by atoms with E-state index < -0.39 is 5.60 Å². The number of fused-ring (bicyclic) bond motifs is 1. The molecule has 0 spiro atoms. The van der Waals surface area contributed by atoms with Crippen LogP contribution in [0.3, 0.4) is 0 Å². The summed E-state index contributed by atoms with van der Waals surface area (Å²) in [7, 11) is 1.68. The Morgan fingerprint density at radius 1 is 1.28 bits per heavy atom. The van der Waals surface area contributed by atoms with Crippen LogP contribution in [0.1, 0.15) is 31.2 Å². The van der Waals surface area contributed by atoms with Gasteiger partial charge in [0, 0.05) is 18.2 Å². The summed E-state index contributed by atoms with van der Waals surface area (Å²) in [4.78, 5) is 2.44. The molecule has 1 aromatic rings. The average molecular weight is 247 g/mol. The van der Waals surface area contributed by atoms with Crippen molar-refractivity contribution in [2.24, 2.45) is 0 Å². The predicted octanol–water partition coefficient (Wildman–Crippen LogP) is 2.14. The van der Waals surface area contributed by atoms with Crippen LogP contribution in [0.5, 0.6) is 5.75 Å². The van der Waals surface area contributed by atoms with E-state index in [2.05, 4.69) is 4.90 Å². The minimum Gasteiger partial charge on any atom is -0.496 e. The lowest BCUT2D eigenvalue weighted by Crippen LogP contribution is -2.45. The third kappa shape index (κ3) is 1.73. The van der Waals surface area contributed by atoms with Crippen LogP contribution in [0.15, 0.2) is 24.3 Å². The molecule has 0 amide bonds. The summed E-state index contributed by atoms with van der Waals surface area (Å²) < 4.78 is 5.42. The van der Waals surface area contributed by atoms with Crippen LogP contribution in [0.2, 0.25) is 0 Å². The topological polar surface area (TPSA) is 32.7 Å². The standard InChI is InChI=1S/C15H21NO2/c1-18-13-7-3-2-6-12(13)15(17)9-11-16-10-5-4-8-14(15)16/h2-3,6-7,14,17H,4-5,8-11H2,1H3. The zero-order chi connectivity index (χ0) is 12.6. The Kier molecular flexibility index (Phi) is 3.04. The molecule has 0 bridgehead atoms. The second-order valence-electron chi connectivity index (χ2n) is 5.42. The van der Waals surface area contributed by atoms with Gasteiger partial charge in [-0.05, 0) is 31.9 Å². The number of ether oxygens (including phenoxy) is 1. The van der Waals surface area contributed by atoms with E-state index in [9.17, 15) is 5.11 Å². The van der Waals surface area contributed by atoms with E-state index in [-0.39, 0.29) is 6.04 Å². The molecule has 0 aliphatic carbocycles. The van der Waals surface area contributed by atoms with Gasteiger partial charge < -0.3 is 9.84 Å². The Labute approximate surface area is 108 Å². The monoisotopic (exact) mass is 247 g/mol. The lowest BCUT2D eigenvalue weighted by molar-refractivity contribution is -0.0154. The van der Waals surface area contributed by atoms with Crippen LogP contribution >= 0.6 is 0 Å². The molecule has 0 aromatic heterocycles. The van der Waals surface area contributed by atoms with Crippen LogP contribution in [0, 0.1) is 0 Å². The van der Waals surface area contributed by atoms with Crippen molar-refractivity contribution in [1.82, 2.24) is 4.90 Å². The highest BCUT2D eigenvalue weighted by Gasteiger charge is 2.48. The lowest BCUT2D eigenvalue weighted by Gasteiger charge is -2.38. The molecule has 2 aliphatic rings. The summed E-state index contributed by atoms with van der Waals surface area (Å²) >= 11 is 0. The Balaban J connectivity index is 1.99. The fourth-order valence-corrected chi connectivity index (χ4v) is 3.60. The highest BCUT2D eigenvalue weighted by Crippen LogP contribution is 2.44. The molecule has 3 heteroatoms. The first-order valence-electron chi connectivity index (χ1n) is 6.85. The minimum absolute atomic E-state index is 0.266. The van der Waals surface area contributed by atoms with Crippen molar-refractivity contribution in [2.45, 2.75) is 37.3 Å². The van der Waals surface area contributed by atoms with Crippen LogP contribution in [0.25, 0.3) is 0 Å². The molecule has 1 aromatic carbocycles. The molecule has 0 saturated carbocycles. The molecule has 2 aliphatic heterocycles. The van der Waals surface area contributed by atoms with Gasteiger partial charge in [0.25, 0.3) is 0 Å². The van der Waals surface area contributed by atoms with Gasteiger partial charge >= 0.3 is 0 Å². The number of hydrogen-bond donors (Lipinski definition) is 1. The quantitative estimate of drug-likeness (QED) is 0.869. The van der Waals surface area contributed by atoms with Crippen molar-refractivity contribution in [3.63, 3.8) is 0 Å². The van der Waals surface area contributed by atoms with Crippen LogP contribution in [-0.4, -0.2) is 36.2 Å². The first-order valence-corrected chi connectivity index (χ1v) is 6.85. The summed E-state index contributed by atoms with van der Waals surface area (Å²) in [6.07, 6.45) is 4.39. The second kappa shape index (κ2) is 4.56. The van der Waals surface area contributed by atoms with Crippen LogP contribution < -0.4 is 4.74 Å². The largest absolute Gasteiger partial charge is 0.496 e. The number of nitrogens with zero attached hydrogens (tertiary/aromatic N) is 1. The molecule has 2 atom stereocenters. The fourth-order valence-electron chi connectivity index (χ4n) is 3.60. The van der Waals surface area contributed by atoms with Gasteiger partial charge in [0.15, 0.2) is 0 Å². The van der Waals surface area contributed by atoms with Crippen molar-refractivity contribution in [3.05, 3.63) is 29.8 Å². The maximum atomic E-state index is 11.1. The maximum Gasteiger partial charge on any atom is 0.125 e. The van der Waals surface area contributed by atoms with Crippen molar-refractivity contribution in [3.8, 4) is 5.75 Å². The van der Waals surface area contributed by atoms with E-state index in [1.165, 1.54) is 12.8 Å². The molecule has 3 rings (SSSR count). The molecule has 2 fully saturated rings.